The number of hydrogen-bond acceptors (Lipinski definition) is 3. The second kappa shape index (κ2) is 25.0. The summed E-state index contributed by atoms with van der Waals surface area (Å²) in [5, 5.41) is 7.52. The minimum Gasteiger partial charge on any atom is -0.396 e. The van der Waals surface area contributed by atoms with Crippen LogP contribution in [0, 0.1) is 0 Å². The van der Waals surface area contributed by atoms with E-state index in [2.05, 4.69) is 17.4 Å². The highest BCUT2D eigenvalue weighted by molar-refractivity contribution is 5.84. The second-order valence-corrected chi connectivity index (χ2v) is 10.5. The fourth-order valence-corrected chi connectivity index (χ4v) is 4.82. The average Bonchev–Trinajstić information content (AvgIpc) is 2.84. The van der Waals surface area contributed by atoms with Gasteiger partial charge in [0.25, 0.3) is 0 Å². The highest BCUT2D eigenvalue weighted by Gasteiger charge is 2.06. The van der Waals surface area contributed by atoms with Crippen molar-refractivity contribution < 1.29 is 9.63 Å². The topological polar surface area (TPSA) is 50.7 Å². The molecule has 1 fully saturated rings. The Kier molecular flexibility index (Phi) is 22.8. The standard InChI is InChI=1S/C30H58N2O2/c1-2-3-4-5-6-7-8-9-10-11-14-17-20-23-28-34-32-29-24-21-18-15-12-13-16-19-22-25-30(33)31-27-26-29/h2-28H2,1H3,(H,31,33)/b32-29-. The van der Waals surface area contributed by atoms with Crippen LogP contribution in [-0.2, 0) is 9.63 Å². The van der Waals surface area contributed by atoms with Crippen molar-refractivity contribution in [3.8, 4) is 0 Å². The summed E-state index contributed by atoms with van der Waals surface area (Å²) in [6.07, 6.45) is 31.6. The van der Waals surface area contributed by atoms with Crippen LogP contribution in [0.25, 0.3) is 0 Å². The Morgan fingerprint density at radius 2 is 1.09 bits per heavy atom. The number of carbonyl (C=O) groups excluding carboxylic acids is 1. The molecular weight excluding hydrogens is 420 g/mol. The Morgan fingerprint density at radius 1 is 0.618 bits per heavy atom. The monoisotopic (exact) mass is 478 g/mol. The highest BCUT2D eigenvalue weighted by Crippen LogP contribution is 2.14. The molecule has 0 spiro atoms. The molecule has 1 aliphatic heterocycles. The molecule has 1 rings (SSSR count). The molecule has 1 N–H and O–H groups in total. The first-order valence-corrected chi connectivity index (χ1v) is 15.3. The Bertz CT molecular complexity index is 478. The lowest BCUT2D eigenvalue weighted by atomic mass is 10.0. The maximum absolute atomic E-state index is 12.0. The molecular formula is C30H58N2O2. The van der Waals surface area contributed by atoms with E-state index in [1.54, 1.807) is 0 Å². The fraction of sp³-hybridized carbons (Fsp3) is 0.933. The molecule has 4 heteroatoms. The molecule has 1 aliphatic rings. The Balaban J connectivity index is 2.03. The number of rotatable bonds is 16. The molecule has 0 unspecified atom stereocenters. The summed E-state index contributed by atoms with van der Waals surface area (Å²) < 4.78 is 0. The van der Waals surface area contributed by atoms with Crippen molar-refractivity contribution in [1.29, 1.82) is 0 Å². The number of nitrogens with one attached hydrogen (secondary N) is 1. The molecule has 0 bridgehead atoms. The molecule has 0 radical (unpaired) electrons. The van der Waals surface area contributed by atoms with Crippen LogP contribution in [0.15, 0.2) is 5.16 Å². The van der Waals surface area contributed by atoms with Crippen molar-refractivity contribution in [1.82, 2.24) is 5.32 Å². The van der Waals surface area contributed by atoms with Gasteiger partial charge in [-0.15, -0.1) is 0 Å². The van der Waals surface area contributed by atoms with E-state index < -0.39 is 0 Å². The third-order valence-corrected chi connectivity index (χ3v) is 7.14. The molecule has 1 heterocycles. The first kappa shape index (κ1) is 31.0. The lowest BCUT2D eigenvalue weighted by Gasteiger charge is -2.08. The summed E-state index contributed by atoms with van der Waals surface area (Å²) in [6, 6.07) is 0. The maximum Gasteiger partial charge on any atom is 0.220 e. The largest absolute Gasteiger partial charge is 0.396 e. The summed E-state index contributed by atoms with van der Waals surface area (Å²) >= 11 is 0. The van der Waals surface area contributed by atoms with E-state index in [0.717, 1.165) is 38.0 Å². The molecule has 0 atom stereocenters. The molecule has 1 amide bonds. The van der Waals surface area contributed by atoms with Gasteiger partial charge in [0.2, 0.25) is 5.91 Å². The number of hydrogen-bond donors (Lipinski definition) is 1. The second-order valence-electron chi connectivity index (χ2n) is 10.5. The van der Waals surface area contributed by atoms with E-state index in [1.807, 2.05) is 0 Å². The van der Waals surface area contributed by atoms with Crippen LogP contribution in [0.1, 0.15) is 167 Å². The van der Waals surface area contributed by atoms with Crippen LogP contribution in [-0.4, -0.2) is 24.8 Å². The summed E-state index contributed by atoms with van der Waals surface area (Å²) in [6.45, 7) is 3.71. The van der Waals surface area contributed by atoms with Crippen LogP contribution in [0.3, 0.4) is 0 Å². The number of carbonyl (C=O) groups is 1. The minimum absolute atomic E-state index is 0.192. The summed E-state index contributed by atoms with van der Waals surface area (Å²) in [5.74, 6) is 0.192. The number of oxime groups is 1. The van der Waals surface area contributed by atoms with E-state index >= 15 is 0 Å². The average molecular weight is 479 g/mol. The quantitative estimate of drug-likeness (QED) is 0.177. The lowest BCUT2D eigenvalue weighted by molar-refractivity contribution is -0.121. The molecule has 4 nitrogen and oxygen atoms in total. The first-order valence-electron chi connectivity index (χ1n) is 15.3. The number of amides is 1. The van der Waals surface area contributed by atoms with Crippen molar-refractivity contribution in [2.45, 2.75) is 167 Å². The zero-order valence-electron chi connectivity index (χ0n) is 22.9. The van der Waals surface area contributed by atoms with Gasteiger partial charge < -0.3 is 10.2 Å². The summed E-state index contributed by atoms with van der Waals surface area (Å²) in [7, 11) is 0. The normalized spacial score (nSPS) is 18.3. The summed E-state index contributed by atoms with van der Waals surface area (Å²) in [4.78, 5) is 17.6. The molecule has 34 heavy (non-hydrogen) atoms. The van der Waals surface area contributed by atoms with Crippen molar-refractivity contribution >= 4 is 11.6 Å². The zero-order valence-corrected chi connectivity index (χ0v) is 22.9. The molecule has 0 saturated carbocycles. The molecule has 0 aliphatic carbocycles. The predicted octanol–water partition coefficient (Wildman–Crippen LogP) is 9.26. The van der Waals surface area contributed by atoms with Gasteiger partial charge in [0.1, 0.15) is 6.61 Å². The lowest BCUT2D eigenvalue weighted by Crippen LogP contribution is -2.25. The SMILES string of the molecule is CCCCCCCCCCCCCCCCO/N=C1/CCCCCCCCCCC(=O)NCC1. The predicted molar refractivity (Wildman–Crippen MR) is 147 cm³/mol. The smallest absolute Gasteiger partial charge is 0.220 e. The van der Waals surface area contributed by atoms with Crippen LogP contribution < -0.4 is 5.32 Å². The molecule has 0 aromatic rings. The van der Waals surface area contributed by atoms with Crippen molar-refractivity contribution in [3.05, 3.63) is 0 Å². The molecule has 1 saturated heterocycles. The van der Waals surface area contributed by atoms with E-state index in [9.17, 15) is 4.79 Å². The van der Waals surface area contributed by atoms with Crippen LogP contribution >= 0.6 is 0 Å². The van der Waals surface area contributed by atoms with Crippen LogP contribution in [0.5, 0.6) is 0 Å². The van der Waals surface area contributed by atoms with Gasteiger partial charge in [0.05, 0.1) is 5.71 Å². The Morgan fingerprint density at radius 3 is 1.65 bits per heavy atom. The van der Waals surface area contributed by atoms with Crippen LogP contribution in [0.4, 0.5) is 0 Å². The van der Waals surface area contributed by atoms with Gasteiger partial charge in [0.15, 0.2) is 0 Å². The third-order valence-electron chi connectivity index (χ3n) is 7.14. The van der Waals surface area contributed by atoms with Crippen LogP contribution in [0.2, 0.25) is 0 Å². The minimum atomic E-state index is 0.192. The number of unbranched alkanes of at least 4 members (excludes halogenated alkanes) is 13. The van der Waals surface area contributed by atoms with E-state index in [0.29, 0.717) is 13.0 Å². The van der Waals surface area contributed by atoms with Crippen molar-refractivity contribution in [3.63, 3.8) is 0 Å². The fourth-order valence-electron chi connectivity index (χ4n) is 4.82. The molecule has 0 aromatic heterocycles. The van der Waals surface area contributed by atoms with Gasteiger partial charge >= 0.3 is 0 Å². The van der Waals surface area contributed by atoms with Crippen molar-refractivity contribution in [2.24, 2.45) is 5.16 Å². The molecule has 0 aromatic carbocycles. The van der Waals surface area contributed by atoms with E-state index in [-0.39, 0.29) is 5.91 Å². The Labute approximate surface area is 212 Å². The van der Waals surface area contributed by atoms with Gasteiger partial charge in [-0.05, 0) is 32.1 Å². The van der Waals surface area contributed by atoms with Crippen molar-refractivity contribution in [2.75, 3.05) is 13.2 Å². The maximum atomic E-state index is 12.0. The first-order chi connectivity index (χ1) is 16.8. The van der Waals surface area contributed by atoms with Gasteiger partial charge in [0, 0.05) is 19.4 Å². The molecule has 200 valence electrons. The highest BCUT2D eigenvalue weighted by atomic mass is 16.6. The third kappa shape index (κ3) is 21.5. The number of nitrogens with zero attached hydrogens (tertiary/aromatic N) is 1. The van der Waals surface area contributed by atoms with Gasteiger partial charge in [-0.25, -0.2) is 0 Å². The zero-order chi connectivity index (χ0) is 24.4. The Hall–Kier alpha value is -1.06. The summed E-state index contributed by atoms with van der Waals surface area (Å²) in [5.41, 5.74) is 1.13. The van der Waals surface area contributed by atoms with Gasteiger partial charge in [-0.2, -0.15) is 0 Å². The van der Waals surface area contributed by atoms with Gasteiger partial charge in [-0.3, -0.25) is 4.79 Å². The van der Waals surface area contributed by atoms with E-state index in [1.165, 1.54) is 128 Å². The van der Waals surface area contributed by atoms with Gasteiger partial charge in [-0.1, -0.05) is 128 Å². The van der Waals surface area contributed by atoms with E-state index in [4.69, 9.17) is 4.84 Å².